The monoisotopic (exact) mass is 231 g/mol. The predicted octanol–water partition coefficient (Wildman–Crippen LogP) is 2.68. The van der Waals surface area contributed by atoms with Gasteiger partial charge in [-0.05, 0) is 19.1 Å². The molecule has 3 aromatic rings. The van der Waals surface area contributed by atoms with Gasteiger partial charge in [-0.25, -0.2) is 9.37 Å². The maximum Gasteiger partial charge on any atom is 0.146 e. The number of aryl methyl sites for hydroxylation is 2. The van der Waals surface area contributed by atoms with Crippen LogP contribution in [-0.4, -0.2) is 14.7 Å². The molecule has 0 saturated heterocycles. The van der Waals surface area contributed by atoms with Gasteiger partial charge < -0.3 is 9.09 Å². The molecule has 0 spiro atoms. The van der Waals surface area contributed by atoms with Crippen LogP contribution in [0.4, 0.5) is 4.39 Å². The van der Waals surface area contributed by atoms with E-state index < -0.39 is 0 Å². The van der Waals surface area contributed by atoms with Crippen LogP contribution in [0.3, 0.4) is 0 Å². The van der Waals surface area contributed by atoms with Crippen LogP contribution >= 0.6 is 0 Å². The van der Waals surface area contributed by atoms with E-state index in [4.69, 9.17) is 4.52 Å². The van der Waals surface area contributed by atoms with Crippen LogP contribution < -0.4 is 0 Å². The van der Waals surface area contributed by atoms with Gasteiger partial charge in [0.05, 0.1) is 22.8 Å². The Morgan fingerprint density at radius 1 is 1.35 bits per heavy atom. The predicted molar refractivity (Wildman–Crippen MR) is 60.9 cm³/mol. The first kappa shape index (κ1) is 10.0. The van der Waals surface area contributed by atoms with Crippen molar-refractivity contribution in [3.05, 3.63) is 36.0 Å². The van der Waals surface area contributed by atoms with E-state index in [1.807, 2.05) is 18.5 Å². The molecule has 86 valence electrons. The van der Waals surface area contributed by atoms with Gasteiger partial charge in [-0.3, -0.25) is 0 Å². The molecule has 0 aliphatic rings. The maximum absolute atomic E-state index is 13.1. The molecule has 0 bridgehead atoms. The summed E-state index contributed by atoms with van der Waals surface area (Å²) in [5.74, 6) is 1.14. The van der Waals surface area contributed by atoms with Gasteiger partial charge in [0.15, 0.2) is 0 Å². The second-order valence-electron chi connectivity index (χ2n) is 3.92. The Balaban J connectivity index is 2.31. The van der Waals surface area contributed by atoms with Crippen LogP contribution in [-0.2, 0) is 7.05 Å². The molecule has 0 amide bonds. The molecule has 0 aliphatic carbocycles. The van der Waals surface area contributed by atoms with Crippen molar-refractivity contribution in [3.63, 3.8) is 0 Å². The molecule has 0 unspecified atom stereocenters. The van der Waals surface area contributed by atoms with Crippen molar-refractivity contribution in [3.8, 4) is 11.4 Å². The fourth-order valence-corrected chi connectivity index (χ4v) is 1.93. The third-order valence-electron chi connectivity index (χ3n) is 2.83. The maximum atomic E-state index is 13.1. The number of imidazole rings is 1. The Morgan fingerprint density at radius 2 is 2.18 bits per heavy atom. The summed E-state index contributed by atoms with van der Waals surface area (Å²) >= 11 is 0. The van der Waals surface area contributed by atoms with Crippen LogP contribution in [0.1, 0.15) is 5.76 Å². The first-order valence-electron chi connectivity index (χ1n) is 5.20. The van der Waals surface area contributed by atoms with Crippen LogP contribution in [0.25, 0.3) is 22.4 Å². The molecule has 0 fully saturated rings. The average molecular weight is 231 g/mol. The zero-order chi connectivity index (χ0) is 12.0. The SMILES string of the molecule is Cc1oncc1-c1nc2cc(F)ccc2n1C. The van der Waals surface area contributed by atoms with E-state index in [-0.39, 0.29) is 5.82 Å². The van der Waals surface area contributed by atoms with Crippen molar-refractivity contribution < 1.29 is 8.91 Å². The lowest BCUT2D eigenvalue weighted by atomic mass is 10.2. The highest BCUT2D eigenvalue weighted by Crippen LogP contribution is 2.26. The van der Waals surface area contributed by atoms with Crippen molar-refractivity contribution in [2.75, 3.05) is 0 Å². The minimum atomic E-state index is -0.288. The first-order valence-corrected chi connectivity index (χ1v) is 5.20. The zero-order valence-corrected chi connectivity index (χ0v) is 9.44. The molecule has 17 heavy (non-hydrogen) atoms. The molecule has 2 heterocycles. The minimum absolute atomic E-state index is 0.288. The Bertz CT molecular complexity index is 699. The van der Waals surface area contributed by atoms with E-state index in [0.29, 0.717) is 11.3 Å². The molecule has 0 saturated carbocycles. The normalized spacial score (nSPS) is 11.2. The van der Waals surface area contributed by atoms with Gasteiger partial charge in [0.25, 0.3) is 0 Å². The summed E-state index contributed by atoms with van der Waals surface area (Å²) in [4.78, 5) is 4.40. The van der Waals surface area contributed by atoms with Gasteiger partial charge >= 0.3 is 0 Å². The number of fused-ring (bicyclic) bond motifs is 1. The molecule has 5 heteroatoms. The molecular formula is C12H10FN3O. The highest BCUT2D eigenvalue weighted by molar-refractivity contribution is 5.80. The van der Waals surface area contributed by atoms with Crippen molar-refractivity contribution in [1.29, 1.82) is 0 Å². The molecule has 0 atom stereocenters. The summed E-state index contributed by atoms with van der Waals surface area (Å²) in [6, 6.07) is 4.56. The zero-order valence-electron chi connectivity index (χ0n) is 9.44. The van der Waals surface area contributed by atoms with Crippen LogP contribution in [0.5, 0.6) is 0 Å². The fourth-order valence-electron chi connectivity index (χ4n) is 1.93. The van der Waals surface area contributed by atoms with Gasteiger partial charge in [-0.15, -0.1) is 0 Å². The summed E-state index contributed by atoms with van der Waals surface area (Å²) < 4.78 is 20.0. The van der Waals surface area contributed by atoms with E-state index in [1.165, 1.54) is 12.1 Å². The summed E-state index contributed by atoms with van der Waals surface area (Å²) in [5.41, 5.74) is 2.33. The van der Waals surface area contributed by atoms with Crippen molar-refractivity contribution in [1.82, 2.24) is 14.7 Å². The molecule has 1 aromatic carbocycles. The fraction of sp³-hybridized carbons (Fsp3) is 0.167. The number of nitrogens with zero attached hydrogens (tertiary/aromatic N) is 3. The Labute approximate surface area is 96.7 Å². The van der Waals surface area contributed by atoms with Crippen molar-refractivity contribution in [2.24, 2.45) is 7.05 Å². The number of hydrogen-bond acceptors (Lipinski definition) is 3. The van der Waals surface area contributed by atoms with E-state index in [2.05, 4.69) is 10.1 Å². The molecular weight excluding hydrogens is 221 g/mol. The molecule has 2 aromatic heterocycles. The largest absolute Gasteiger partial charge is 0.361 e. The third kappa shape index (κ3) is 1.43. The first-order chi connectivity index (χ1) is 8.16. The van der Waals surface area contributed by atoms with Crippen molar-refractivity contribution in [2.45, 2.75) is 6.92 Å². The lowest BCUT2D eigenvalue weighted by Gasteiger charge is -1.99. The van der Waals surface area contributed by atoms with E-state index in [1.54, 1.807) is 12.3 Å². The Hall–Kier alpha value is -2.17. The molecule has 4 nitrogen and oxygen atoms in total. The topological polar surface area (TPSA) is 43.9 Å². The average Bonchev–Trinajstić information content (AvgIpc) is 2.83. The lowest BCUT2D eigenvalue weighted by Crippen LogP contribution is -1.92. The Morgan fingerprint density at radius 3 is 2.88 bits per heavy atom. The number of halogens is 1. The number of benzene rings is 1. The quantitative estimate of drug-likeness (QED) is 0.646. The number of rotatable bonds is 1. The van der Waals surface area contributed by atoms with Crippen molar-refractivity contribution >= 4 is 11.0 Å². The standard InChI is InChI=1S/C12H10FN3O/c1-7-9(6-14-17-7)12-15-10-5-8(13)3-4-11(10)16(12)2/h3-6H,1-2H3. The Kier molecular flexibility index (Phi) is 2.01. The summed E-state index contributed by atoms with van der Waals surface area (Å²) in [6.45, 7) is 1.82. The van der Waals surface area contributed by atoms with Gasteiger partial charge in [0.1, 0.15) is 17.4 Å². The third-order valence-corrected chi connectivity index (χ3v) is 2.83. The van der Waals surface area contributed by atoms with Gasteiger partial charge in [0, 0.05) is 13.1 Å². The summed E-state index contributed by atoms with van der Waals surface area (Å²) in [7, 11) is 1.88. The smallest absolute Gasteiger partial charge is 0.146 e. The van der Waals surface area contributed by atoms with E-state index >= 15 is 0 Å². The molecule has 3 rings (SSSR count). The highest BCUT2D eigenvalue weighted by Gasteiger charge is 2.14. The van der Waals surface area contributed by atoms with E-state index in [0.717, 1.165) is 16.9 Å². The number of hydrogen-bond donors (Lipinski definition) is 0. The van der Waals surface area contributed by atoms with E-state index in [9.17, 15) is 4.39 Å². The molecule has 0 radical (unpaired) electrons. The van der Waals surface area contributed by atoms with Crippen LogP contribution in [0, 0.1) is 12.7 Å². The van der Waals surface area contributed by atoms with Gasteiger partial charge in [-0.2, -0.15) is 0 Å². The second kappa shape index (κ2) is 3.41. The highest BCUT2D eigenvalue weighted by atomic mass is 19.1. The molecule has 0 aliphatic heterocycles. The second-order valence-corrected chi connectivity index (χ2v) is 3.92. The number of aromatic nitrogens is 3. The summed E-state index contributed by atoms with van der Waals surface area (Å²) in [5, 5.41) is 3.72. The lowest BCUT2D eigenvalue weighted by molar-refractivity contribution is 0.398. The van der Waals surface area contributed by atoms with Crippen LogP contribution in [0.2, 0.25) is 0 Å². The van der Waals surface area contributed by atoms with Gasteiger partial charge in [-0.1, -0.05) is 5.16 Å². The summed E-state index contributed by atoms with van der Waals surface area (Å²) in [6.07, 6.45) is 1.62. The minimum Gasteiger partial charge on any atom is -0.361 e. The van der Waals surface area contributed by atoms with Gasteiger partial charge in [0.2, 0.25) is 0 Å². The van der Waals surface area contributed by atoms with Crippen LogP contribution in [0.15, 0.2) is 28.9 Å². The molecule has 0 N–H and O–H groups in total.